The SMILES string of the molecule is CC(CC1=CCCC=C1)[n+]1ccc(-c2ccncc2)cc1. The van der Waals surface area contributed by atoms with E-state index in [4.69, 9.17) is 0 Å². The molecule has 2 aromatic rings. The quantitative estimate of drug-likeness (QED) is 0.763. The number of pyridine rings is 2. The summed E-state index contributed by atoms with van der Waals surface area (Å²) in [6.45, 7) is 2.27. The number of hydrogen-bond acceptors (Lipinski definition) is 1. The number of nitrogens with zero attached hydrogens (tertiary/aromatic N) is 2. The summed E-state index contributed by atoms with van der Waals surface area (Å²) in [5.41, 5.74) is 3.90. The molecular formula is C19H21N2+. The molecule has 0 amide bonds. The van der Waals surface area contributed by atoms with E-state index in [-0.39, 0.29) is 0 Å². The highest BCUT2D eigenvalue weighted by molar-refractivity contribution is 5.61. The van der Waals surface area contributed by atoms with E-state index in [9.17, 15) is 0 Å². The summed E-state index contributed by atoms with van der Waals surface area (Å²) < 4.78 is 2.29. The number of hydrogen-bond donors (Lipinski definition) is 0. The van der Waals surface area contributed by atoms with Crippen molar-refractivity contribution in [3.63, 3.8) is 0 Å². The van der Waals surface area contributed by atoms with Crippen LogP contribution in [0.25, 0.3) is 11.1 Å². The van der Waals surface area contributed by atoms with Gasteiger partial charge in [-0.1, -0.05) is 18.2 Å². The monoisotopic (exact) mass is 277 g/mol. The maximum atomic E-state index is 4.06. The van der Waals surface area contributed by atoms with Crippen LogP contribution >= 0.6 is 0 Å². The molecule has 2 aromatic heterocycles. The fourth-order valence-corrected chi connectivity index (χ4v) is 2.73. The van der Waals surface area contributed by atoms with E-state index in [1.54, 1.807) is 0 Å². The molecule has 0 fully saturated rings. The normalized spacial score (nSPS) is 15.6. The molecule has 21 heavy (non-hydrogen) atoms. The highest BCUT2D eigenvalue weighted by Gasteiger charge is 2.14. The van der Waals surface area contributed by atoms with E-state index in [2.05, 4.69) is 59.2 Å². The van der Waals surface area contributed by atoms with E-state index < -0.39 is 0 Å². The van der Waals surface area contributed by atoms with Gasteiger partial charge in [0.2, 0.25) is 0 Å². The predicted octanol–water partition coefficient (Wildman–Crippen LogP) is 4.26. The standard InChI is InChI=1S/C19H21N2/c1-16(15-17-5-3-2-4-6-17)21-13-9-19(10-14-21)18-7-11-20-12-8-18/h3,5-14,16H,2,4,15H2,1H3/q+1. The van der Waals surface area contributed by atoms with E-state index in [0.29, 0.717) is 6.04 Å². The molecule has 0 radical (unpaired) electrons. The summed E-state index contributed by atoms with van der Waals surface area (Å²) >= 11 is 0. The molecule has 2 heterocycles. The van der Waals surface area contributed by atoms with Crippen molar-refractivity contribution in [3.05, 3.63) is 72.9 Å². The molecule has 2 nitrogen and oxygen atoms in total. The molecule has 0 bridgehead atoms. The first kappa shape index (κ1) is 13.7. The lowest BCUT2D eigenvalue weighted by molar-refractivity contribution is -0.719. The van der Waals surface area contributed by atoms with Gasteiger partial charge in [0.25, 0.3) is 0 Å². The van der Waals surface area contributed by atoms with E-state index in [0.717, 1.165) is 6.42 Å². The van der Waals surface area contributed by atoms with Crippen molar-refractivity contribution in [2.45, 2.75) is 32.2 Å². The molecule has 1 aliphatic carbocycles. The Balaban J connectivity index is 1.72. The maximum Gasteiger partial charge on any atom is 0.169 e. The van der Waals surface area contributed by atoms with Crippen molar-refractivity contribution in [1.82, 2.24) is 4.98 Å². The minimum Gasteiger partial charge on any atom is -0.265 e. The molecule has 106 valence electrons. The van der Waals surface area contributed by atoms with Crippen molar-refractivity contribution in [3.8, 4) is 11.1 Å². The Morgan fingerprint density at radius 2 is 1.76 bits per heavy atom. The summed E-state index contributed by atoms with van der Waals surface area (Å²) in [6, 6.07) is 8.92. The third-order valence-corrected chi connectivity index (χ3v) is 3.98. The van der Waals surface area contributed by atoms with Crippen LogP contribution in [0.15, 0.2) is 72.9 Å². The van der Waals surface area contributed by atoms with Crippen LogP contribution in [0.4, 0.5) is 0 Å². The molecular weight excluding hydrogens is 256 g/mol. The predicted molar refractivity (Wildman–Crippen MR) is 85.7 cm³/mol. The Morgan fingerprint density at radius 1 is 1.05 bits per heavy atom. The lowest BCUT2D eigenvalue weighted by atomic mass is 10.0. The van der Waals surface area contributed by atoms with Crippen molar-refractivity contribution in [2.24, 2.45) is 0 Å². The number of allylic oxidation sites excluding steroid dienone is 4. The van der Waals surface area contributed by atoms with Gasteiger partial charge in [-0.25, -0.2) is 4.57 Å². The van der Waals surface area contributed by atoms with Crippen LogP contribution in [0.2, 0.25) is 0 Å². The minimum absolute atomic E-state index is 0.477. The van der Waals surface area contributed by atoms with Crippen molar-refractivity contribution < 1.29 is 4.57 Å². The van der Waals surface area contributed by atoms with Gasteiger partial charge in [-0.05, 0) is 48.6 Å². The zero-order chi connectivity index (χ0) is 14.5. The van der Waals surface area contributed by atoms with Gasteiger partial charge in [-0.3, -0.25) is 4.98 Å². The van der Waals surface area contributed by atoms with Gasteiger partial charge in [0.05, 0.1) is 0 Å². The molecule has 1 aliphatic rings. The highest BCUT2D eigenvalue weighted by atomic mass is 15.0. The lowest BCUT2D eigenvalue weighted by Gasteiger charge is -2.11. The molecule has 0 aromatic carbocycles. The van der Waals surface area contributed by atoms with Crippen LogP contribution in [0, 0.1) is 0 Å². The topological polar surface area (TPSA) is 16.8 Å². The molecule has 0 N–H and O–H groups in total. The third kappa shape index (κ3) is 3.46. The first-order chi connectivity index (χ1) is 10.3. The first-order valence-corrected chi connectivity index (χ1v) is 7.60. The fraction of sp³-hybridized carbons (Fsp3) is 0.263. The van der Waals surface area contributed by atoms with Crippen LogP contribution in [-0.4, -0.2) is 4.98 Å². The Morgan fingerprint density at radius 3 is 2.43 bits per heavy atom. The Kier molecular flexibility index (Phi) is 4.25. The van der Waals surface area contributed by atoms with Gasteiger partial charge in [-0.2, -0.15) is 0 Å². The molecule has 0 spiro atoms. The Labute approximate surface area is 126 Å². The van der Waals surface area contributed by atoms with Gasteiger partial charge in [0.15, 0.2) is 18.4 Å². The second-order valence-corrected chi connectivity index (χ2v) is 5.58. The molecule has 3 rings (SSSR count). The molecule has 0 saturated heterocycles. The highest BCUT2D eigenvalue weighted by Crippen LogP contribution is 2.19. The summed E-state index contributed by atoms with van der Waals surface area (Å²) in [7, 11) is 0. The number of aromatic nitrogens is 2. The Bertz CT molecular complexity index is 639. The average molecular weight is 277 g/mol. The van der Waals surface area contributed by atoms with Crippen molar-refractivity contribution in [2.75, 3.05) is 0 Å². The second-order valence-electron chi connectivity index (χ2n) is 5.58. The Hall–Kier alpha value is -2.22. The van der Waals surface area contributed by atoms with E-state index in [1.165, 1.54) is 29.5 Å². The number of rotatable bonds is 4. The van der Waals surface area contributed by atoms with Crippen LogP contribution in [0.5, 0.6) is 0 Å². The summed E-state index contributed by atoms with van der Waals surface area (Å²) in [5, 5.41) is 0. The van der Waals surface area contributed by atoms with Crippen molar-refractivity contribution in [1.29, 1.82) is 0 Å². The third-order valence-electron chi connectivity index (χ3n) is 3.98. The largest absolute Gasteiger partial charge is 0.265 e. The average Bonchev–Trinajstić information content (AvgIpc) is 2.57. The summed E-state index contributed by atoms with van der Waals surface area (Å²) in [4.78, 5) is 4.06. The smallest absolute Gasteiger partial charge is 0.169 e. The molecule has 2 heteroatoms. The molecule has 1 unspecified atom stereocenters. The first-order valence-electron chi connectivity index (χ1n) is 7.60. The van der Waals surface area contributed by atoms with E-state index >= 15 is 0 Å². The minimum atomic E-state index is 0.477. The molecule has 1 atom stereocenters. The fourth-order valence-electron chi connectivity index (χ4n) is 2.73. The van der Waals surface area contributed by atoms with Crippen molar-refractivity contribution >= 4 is 0 Å². The molecule has 0 aliphatic heterocycles. The van der Waals surface area contributed by atoms with Gasteiger partial charge in [0.1, 0.15) is 0 Å². The van der Waals surface area contributed by atoms with Gasteiger partial charge in [0, 0.05) is 30.9 Å². The van der Waals surface area contributed by atoms with Crippen LogP contribution in [0.3, 0.4) is 0 Å². The summed E-state index contributed by atoms with van der Waals surface area (Å²) in [6.07, 6.45) is 18.4. The van der Waals surface area contributed by atoms with Gasteiger partial charge < -0.3 is 0 Å². The zero-order valence-electron chi connectivity index (χ0n) is 12.4. The van der Waals surface area contributed by atoms with Crippen LogP contribution in [-0.2, 0) is 0 Å². The zero-order valence-corrected chi connectivity index (χ0v) is 12.4. The maximum absolute atomic E-state index is 4.06. The van der Waals surface area contributed by atoms with Gasteiger partial charge in [-0.15, -0.1) is 0 Å². The van der Waals surface area contributed by atoms with Gasteiger partial charge >= 0.3 is 0 Å². The molecule has 0 saturated carbocycles. The van der Waals surface area contributed by atoms with Crippen LogP contribution in [0.1, 0.15) is 32.2 Å². The second kappa shape index (κ2) is 6.49. The van der Waals surface area contributed by atoms with E-state index in [1.807, 2.05) is 24.5 Å². The lowest BCUT2D eigenvalue weighted by Crippen LogP contribution is -2.37. The van der Waals surface area contributed by atoms with Crippen LogP contribution < -0.4 is 4.57 Å². The summed E-state index contributed by atoms with van der Waals surface area (Å²) in [5.74, 6) is 0.